The predicted molar refractivity (Wildman–Crippen MR) is 80.9 cm³/mol. The lowest BCUT2D eigenvalue weighted by Gasteiger charge is -2.25. The lowest BCUT2D eigenvalue weighted by Crippen LogP contribution is -2.42. The van der Waals surface area contributed by atoms with Crippen LogP contribution >= 0.6 is 0 Å². The molecule has 0 aliphatic rings. The fourth-order valence-electron chi connectivity index (χ4n) is 1.70. The number of carbonyl (C=O) groups is 1. The molecule has 1 aromatic rings. The van der Waals surface area contributed by atoms with Gasteiger partial charge in [-0.3, -0.25) is 9.69 Å². The van der Waals surface area contributed by atoms with Crippen LogP contribution in [0.25, 0.3) is 0 Å². The Morgan fingerprint density at radius 1 is 1.32 bits per heavy atom. The molecule has 0 bridgehead atoms. The number of benzene rings is 1. The second kappa shape index (κ2) is 7.38. The Bertz CT molecular complexity index is 429. The molecule has 1 amide bonds. The maximum absolute atomic E-state index is 12.1. The molecule has 4 nitrogen and oxygen atoms in total. The number of hydrogen-bond donors (Lipinski definition) is 2. The molecule has 0 fully saturated rings. The lowest BCUT2D eigenvalue weighted by molar-refractivity contribution is -0.120. The van der Waals surface area contributed by atoms with Gasteiger partial charge in [0.1, 0.15) is 0 Å². The van der Waals surface area contributed by atoms with Gasteiger partial charge in [0.25, 0.3) is 0 Å². The average Bonchev–Trinajstić information content (AvgIpc) is 2.40. The van der Waals surface area contributed by atoms with Gasteiger partial charge in [-0.05, 0) is 31.2 Å². The Morgan fingerprint density at radius 2 is 1.84 bits per heavy atom. The summed E-state index contributed by atoms with van der Waals surface area (Å²) >= 11 is 0. The van der Waals surface area contributed by atoms with Crippen LogP contribution in [0.3, 0.4) is 0 Å². The Labute approximate surface area is 114 Å². The third-order valence-electron chi connectivity index (χ3n) is 2.83. The normalized spacial score (nSPS) is 11.9. The molecule has 3 N–H and O–H groups in total. The van der Waals surface area contributed by atoms with Crippen molar-refractivity contribution in [3.05, 3.63) is 49.6 Å². The van der Waals surface area contributed by atoms with Gasteiger partial charge in [-0.2, -0.15) is 0 Å². The topological polar surface area (TPSA) is 58.4 Å². The summed E-state index contributed by atoms with van der Waals surface area (Å²) in [6.07, 6.45) is 3.55. The molecule has 0 aliphatic carbocycles. The van der Waals surface area contributed by atoms with E-state index < -0.39 is 0 Å². The lowest BCUT2D eigenvalue weighted by atomic mass is 10.2. The first-order chi connectivity index (χ1) is 9.08. The minimum Gasteiger partial charge on any atom is -0.399 e. The first-order valence-electron chi connectivity index (χ1n) is 6.20. The number of rotatable bonds is 7. The molecule has 102 valence electrons. The summed E-state index contributed by atoms with van der Waals surface area (Å²) in [5, 5.41) is 2.86. The zero-order valence-corrected chi connectivity index (χ0v) is 11.3. The first-order valence-corrected chi connectivity index (χ1v) is 6.20. The number of hydrogen-bond acceptors (Lipinski definition) is 3. The number of anilines is 2. The molecule has 0 radical (unpaired) electrons. The molecule has 0 aromatic heterocycles. The largest absolute Gasteiger partial charge is 0.399 e. The molecule has 0 saturated carbocycles. The summed E-state index contributed by atoms with van der Waals surface area (Å²) in [5.41, 5.74) is 7.01. The molecule has 1 rings (SSSR count). The third-order valence-corrected chi connectivity index (χ3v) is 2.83. The molecule has 0 saturated heterocycles. The molecular weight excluding hydrogens is 238 g/mol. The maximum atomic E-state index is 12.1. The van der Waals surface area contributed by atoms with E-state index in [1.165, 1.54) is 0 Å². The second-order valence-electron chi connectivity index (χ2n) is 4.32. The Balaban J connectivity index is 2.67. The summed E-state index contributed by atoms with van der Waals surface area (Å²) in [6.45, 7) is 10.5. The standard InChI is InChI=1S/C15H21N3O/c1-4-10-18(11-5-2)12(3)15(19)17-14-8-6-13(16)7-9-14/h4-9,12H,1-2,10-11,16H2,3H3,(H,17,19). The quantitative estimate of drug-likeness (QED) is 0.583. The smallest absolute Gasteiger partial charge is 0.241 e. The third kappa shape index (κ3) is 4.60. The van der Waals surface area contributed by atoms with Crippen LogP contribution in [0.2, 0.25) is 0 Å². The van der Waals surface area contributed by atoms with Gasteiger partial charge in [-0.25, -0.2) is 0 Å². The van der Waals surface area contributed by atoms with Crippen molar-refractivity contribution in [3.63, 3.8) is 0 Å². The van der Waals surface area contributed by atoms with Crippen LogP contribution in [0.5, 0.6) is 0 Å². The monoisotopic (exact) mass is 259 g/mol. The number of nitrogens with one attached hydrogen (secondary N) is 1. The zero-order chi connectivity index (χ0) is 14.3. The van der Waals surface area contributed by atoms with Crippen LogP contribution in [0.4, 0.5) is 11.4 Å². The van der Waals surface area contributed by atoms with Crippen LogP contribution in [0.15, 0.2) is 49.6 Å². The molecular formula is C15H21N3O. The van der Waals surface area contributed by atoms with E-state index in [0.29, 0.717) is 18.8 Å². The molecule has 0 aliphatic heterocycles. The highest BCUT2D eigenvalue weighted by Gasteiger charge is 2.19. The highest BCUT2D eigenvalue weighted by atomic mass is 16.2. The second-order valence-corrected chi connectivity index (χ2v) is 4.32. The average molecular weight is 259 g/mol. The number of nitrogen functional groups attached to an aromatic ring is 1. The summed E-state index contributed by atoms with van der Waals surface area (Å²) < 4.78 is 0. The van der Waals surface area contributed by atoms with Gasteiger partial charge >= 0.3 is 0 Å². The van der Waals surface area contributed by atoms with E-state index in [9.17, 15) is 4.79 Å². The summed E-state index contributed by atoms with van der Waals surface area (Å²) in [7, 11) is 0. The molecule has 0 heterocycles. The van der Waals surface area contributed by atoms with E-state index in [2.05, 4.69) is 18.5 Å². The van der Waals surface area contributed by atoms with Gasteiger partial charge in [0.05, 0.1) is 6.04 Å². The van der Waals surface area contributed by atoms with Crippen molar-refractivity contribution in [3.8, 4) is 0 Å². The molecule has 1 aromatic carbocycles. The van der Waals surface area contributed by atoms with Crippen LogP contribution in [-0.4, -0.2) is 29.9 Å². The Morgan fingerprint density at radius 3 is 2.32 bits per heavy atom. The number of nitrogens with two attached hydrogens (primary N) is 1. The van der Waals surface area contributed by atoms with Crippen molar-refractivity contribution >= 4 is 17.3 Å². The molecule has 19 heavy (non-hydrogen) atoms. The Hall–Kier alpha value is -2.07. The van der Waals surface area contributed by atoms with E-state index in [1.54, 1.807) is 36.4 Å². The SMILES string of the molecule is C=CCN(CC=C)C(C)C(=O)Nc1ccc(N)cc1. The molecule has 4 heteroatoms. The number of amides is 1. The van der Waals surface area contributed by atoms with E-state index in [0.717, 1.165) is 5.69 Å². The Kier molecular flexibility index (Phi) is 5.82. The van der Waals surface area contributed by atoms with Crippen molar-refractivity contribution < 1.29 is 4.79 Å². The first kappa shape index (κ1) is 15.0. The number of nitrogens with zero attached hydrogens (tertiary/aromatic N) is 1. The minimum atomic E-state index is -0.256. The van der Waals surface area contributed by atoms with Gasteiger partial charge in [0.2, 0.25) is 5.91 Å². The van der Waals surface area contributed by atoms with Crippen LogP contribution < -0.4 is 11.1 Å². The van der Waals surface area contributed by atoms with Gasteiger partial charge in [-0.1, -0.05) is 12.2 Å². The molecule has 1 atom stereocenters. The van der Waals surface area contributed by atoms with Crippen molar-refractivity contribution in [2.45, 2.75) is 13.0 Å². The van der Waals surface area contributed by atoms with Crippen molar-refractivity contribution in [1.82, 2.24) is 4.90 Å². The van der Waals surface area contributed by atoms with E-state index in [1.807, 2.05) is 11.8 Å². The van der Waals surface area contributed by atoms with Crippen molar-refractivity contribution in [1.29, 1.82) is 0 Å². The van der Waals surface area contributed by atoms with Gasteiger partial charge in [0, 0.05) is 24.5 Å². The zero-order valence-electron chi connectivity index (χ0n) is 11.3. The van der Waals surface area contributed by atoms with Crippen LogP contribution in [-0.2, 0) is 4.79 Å². The van der Waals surface area contributed by atoms with Crippen LogP contribution in [0, 0.1) is 0 Å². The summed E-state index contributed by atoms with van der Waals surface area (Å²) in [5.74, 6) is -0.0616. The van der Waals surface area contributed by atoms with Crippen LogP contribution in [0.1, 0.15) is 6.92 Å². The summed E-state index contributed by atoms with van der Waals surface area (Å²) in [6, 6.07) is 6.82. The highest BCUT2D eigenvalue weighted by molar-refractivity contribution is 5.94. The van der Waals surface area contributed by atoms with E-state index in [-0.39, 0.29) is 11.9 Å². The highest BCUT2D eigenvalue weighted by Crippen LogP contribution is 2.12. The van der Waals surface area contributed by atoms with Gasteiger partial charge < -0.3 is 11.1 Å². The maximum Gasteiger partial charge on any atom is 0.241 e. The van der Waals surface area contributed by atoms with E-state index in [4.69, 9.17) is 5.73 Å². The number of carbonyl (C=O) groups excluding carboxylic acids is 1. The minimum absolute atomic E-state index is 0.0616. The van der Waals surface area contributed by atoms with Gasteiger partial charge in [-0.15, -0.1) is 13.2 Å². The fraction of sp³-hybridized carbons (Fsp3) is 0.267. The van der Waals surface area contributed by atoms with Gasteiger partial charge in [0.15, 0.2) is 0 Å². The molecule has 1 unspecified atom stereocenters. The fourth-order valence-corrected chi connectivity index (χ4v) is 1.70. The molecule has 0 spiro atoms. The van der Waals surface area contributed by atoms with E-state index >= 15 is 0 Å². The summed E-state index contributed by atoms with van der Waals surface area (Å²) in [4.78, 5) is 14.1. The van der Waals surface area contributed by atoms with Crippen molar-refractivity contribution in [2.24, 2.45) is 0 Å². The predicted octanol–water partition coefficient (Wildman–Crippen LogP) is 2.27. The van der Waals surface area contributed by atoms with Crippen molar-refractivity contribution in [2.75, 3.05) is 24.1 Å².